The molecule has 8 heteroatoms. The van der Waals surface area contributed by atoms with Crippen molar-refractivity contribution in [2.45, 2.75) is 0 Å². The van der Waals surface area contributed by atoms with E-state index < -0.39 is 0 Å². The number of H-pyrrole nitrogens is 1. The van der Waals surface area contributed by atoms with E-state index in [2.05, 4.69) is 36.5 Å². The summed E-state index contributed by atoms with van der Waals surface area (Å²) in [6.07, 6.45) is 1.26. The maximum Gasteiger partial charge on any atom is 0.267 e. The summed E-state index contributed by atoms with van der Waals surface area (Å²) in [5.74, 6) is 0.131. The zero-order valence-electron chi connectivity index (χ0n) is 9.25. The largest absolute Gasteiger partial charge is 0.383 e. The monoisotopic (exact) mass is 304 g/mol. The van der Waals surface area contributed by atoms with Crippen molar-refractivity contribution in [2.24, 2.45) is 0 Å². The molecule has 0 radical (unpaired) electrons. The fourth-order valence-electron chi connectivity index (χ4n) is 1.03. The average molecular weight is 305 g/mol. The molecule has 0 bridgehead atoms. The molecule has 7 nitrogen and oxygen atoms in total. The number of halogens is 1. The van der Waals surface area contributed by atoms with Gasteiger partial charge < -0.3 is 20.4 Å². The molecule has 0 aromatic carbocycles. The van der Waals surface area contributed by atoms with Crippen molar-refractivity contribution in [3.63, 3.8) is 0 Å². The van der Waals surface area contributed by atoms with Crippen LogP contribution >= 0.6 is 15.9 Å². The Morgan fingerprint density at radius 3 is 3.12 bits per heavy atom. The Morgan fingerprint density at radius 1 is 1.65 bits per heavy atom. The van der Waals surface area contributed by atoms with Crippen molar-refractivity contribution in [1.82, 2.24) is 15.3 Å². The average Bonchev–Trinajstić information content (AvgIpc) is 2.31. The first-order valence-electron chi connectivity index (χ1n) is 4.88. The minimum Gasteiger partial charge on any atom is -0.383 e. The number of aromatic amines is 1. The van der Waals surface area contributed by atoms with E-state index in [9.17, 15) is 9.59 Å². The van der Waals surface area contributed by atoms with E-state index in [-0.39, 0.29) is 22.5 Å². The zero-order chi connectivity index (χ0) is 12.7. The van der Waals surface area contributed by atoms with Crippen molar-refractivity contribution < 1.29 is 9.53 Å². The van der Waals surface area contributed by atoms with E-state index in [1.165, 1.54) is 6.33 Å². The number of anilines is 1. The second-order valence-corrected chi connectivity index (χ2v) is 3.88. The molecule has 94 valence electrons. The van der Waals surface area contributed by atoms with Crippen LogP contribution in [0.5, 0.6) is 0 Å². The quantitative estimate of drug-likeness (QED) is 0.628. The van der Waals surface area contributed by atoms with E-state index >= 15 is 0 Å². The number of nitrogens with zero attached hydrogens (tertiary/aromatic N) is 1. The number of aromatic nitrogens is 2. The smallest absolute Gasteiger partial charge is 0.267 e. The molecule has 0 unspecified atom stereocenters. The molecule has 0 fully saturated rings. The minimum atomic E-state index is -0.303. The molecule has 3 N–H and O–H groups in total. The van der Waals surface area contributed by atoms with Crippen LogP contribution < -0.4 is 16.2 Å². The van der Waals surface area contributed by atoms with Crippen molar-refractivity contribution in [2.75, 3.05) is 32.1 Å². The maximum atomic E-state index is 11.3. The summed E-state index contributed by atoms with van der Waals surface area (Å²) in [5, 5.41) is 5.38. The standard InChI is InChI=1S/C9H13BrN4O3/c1-17-3-2-11-6(15)4-12-8-7(10)9(16)14-5-13-8/h5H,2-4H2,1H3,(H,11,15)(H2,12,13,14,16). The van der Waals surface area contributed by atoms with Gasteiger partial charge in [0.2, 0.25) is 5.91 Å². The Labute approximate surface area is 106 Å². The first-order valence-corrected chi connectivity index (χ1v) is 5.67. The van der Waals surface area contributed by atoms with Gasteiger partial charge in [-0.15, -0.1) is 0 Å². The topological polar surface area (TPSA) is 96.1 Å². The third kappa shape index (κ3) is 4.53. The van der Waals surface area contributed by atoms with Crippen LogP contribution in [0.15, 0.2) is 15.6 Å². The second kappa shape index (κ2) is 7.02. The lowest BCUT2D eigenvalue weighted by Gasteiger charge is -2.07. The van der Waals surface area contributed by atoms with Crippen molar-refractivity contribution >= 4 is 27.7 Å². The normalized spacial score (nSPS) is 10.0. The van der Waals surface area contributed by atoms with E-state index in [0.29, 0.717) is 19.0 Å². The number of carbonyl (C=O) groups excluding carboxylic acids is 1. The molecule has 0 aliphatic heterocycles. The van der Waals surface area contributed by atoms with E-state index in [0.717, 1.165) is 0 Å². The summed E-state index contributed by atoms with van der Waals surface area (Å²) in [6, 6.07) is 0. The maximum absolute atomic E-state index is 11.3. The van der Waals surface area contributed by atoms with Gasteiger partial charge in [-0.25, -0.2) is 4.98 Å². The Hall–Kier alpha value is -1.41. The fourth-order valence-corrected chi connectivity index (χ4v) is 1.38. The third-order valence-corrected chi connectivity index (χ3v) is 2.58. The SMILES string of the molecule is COCCNC(=O)CNc1nc[nH]c(=O)c1Br. The van der Waals surface area contributed by atoms with Gasteiger partial charge in [0.15, 0.2) is 0 Å². The molecule has 1 heterocycles. The van der Waals surface area contributed by atoms with Gasteiger partial charge in [0, 0.05) is 13.7 Å². The molecule has 1 amide bonds. The van der Waals surface area contributed by atoms with Gasteiger partial charge in [-0.1, -0.05) is 0 Å². The molecule has 1 aromatic heterocycles. The number of carbonyl (C=O) groups is 1. The number of hydrogen-bond donors (Lipinski definition) is 3. The molecule has 0 aliphatic carbocycles. The highest BCUT2D eigenvalue weighted by molar-refractivity contribution is 9.10. The zero-order valence-corrected chi connectivity index (χ0v) is 10.8. The number of methoxy groups -OCH3 is 1. The summed E-state index contributed by atoms with van der Waals surface area (Å²) in [7, 11) is 1.56. The van der Waals surface area contributed by atoms with Gasteiger partial charge in [0.1, 0.15) is 10.3 Å². The van der Waals surface area contributed by atoms with Crippen molar-refractivity contribution in [3.05, 3.63) is 21.2 Å². The highest BCUT2D eigenvalue weighted by Crippen LogP contribution is 2.12. The lowest BCUT2D eigenvalue weighted by molar-refractivity contribution is -0.119. The molecular formula is C9H13BrN4O3. The van der Waals surface area contributed by atoms with Crippen LogP contribution in [0.3, 0.4) is 0 Å². The molecule has 0 atom stereocenters. The lowest BCUT2D eigenvalue weighted by Crippen LogP contribution is -2.32. The van der Waals surface area contributed by atoms with Crippen LogP contribution in [0.1, 0.15) is 0 Å². The lowest BCUT2D eigenvalue weighted by atomic mass is 10.5. The van der Waals surface area contributed by atoms with Crippen LogP contribution in [0.2, 0.25) is 0 Å². The van der Waals surface area contributed by atoms with Crippen molar-refractivity contribution in [3.8, 4) is 0 Å². The number of hydrogen-bond acceptors (Lipinski definition) is 5. The molecule has 0 saturated carbocycles. The third-order valence-electron chi connectivity index (χ3n) is 1.84. The number of ether oxygens (including phenoxy) is 1. The van der Waals surface area contributed by atoms with Crippen LogP contribution in [0, 0.1) is 0 Å². The van der Waals surface area contributed by atoms with Crippen molar-refractivity contribution in [1.29, 1.82) is 0 Å². The van der Waals surface area contributed by atoms with Crippen LogP contribution in [-0.2, 0) is 9.53 Å². The van der Waals surface area contributed by atoms with Crippen LogP contribution in [-0.4, -0.2) is 42.7 Å². The Bertz CT molecular complexity index is 434. The van der Waals surface area contributed by atoms with E-state index in [1.54, 1.807) is 7.11 Å². The Balaban J connectivity index is 2.42. The summed E-state index contributed by atoms with van der Waals surface area (Å²) in [5.41, 5.74) is -0.303. The second-order valence-electron chi connectivity index (χ2n) is 3.09. The summed E-state index contributed by atoms with van der Waals surface area (Å²) in [6.45, 7) is 0.943. The highest BCUT2D eigenvalue weighted by atomic mass is 79.9. The van der Waals surface area contributed by atoms with Crippen LogP contribution in [0.25, 0.3) is 0 Å². The van der Waals surface area contributed by atoms with Gasteiger partial charge >= 0.3 is 0 Å². The first kappa shape index (κ1) is 13.7. The number of amides is 1. The molecule has 0 aliphatic rings. The predicted octanol–water partition coefficient (Wildman–Crippen LogP) is -0.293. The van der Waals surface area contributed by atoms with Gasteiger partial charge in [0.25, 0.3) is 5.56 Å². The van der Waals surface area contributed by atoms with Gasteiger partial charge in [-0.3, -0.25) is 9.59 Å². The summed E-state index contributed by atoms with van der Waals surface area (Å²) >= 11 is 3.07. The molecule has 0 spiro atoms. The van der Waals surface area contributed by atoms with Gasteiger partial charge in [-0.05, 0) is 15.9 Å². The molecule has 0 saturated heterocycles. The predicted molar refractivity (Wildman–Crippen MR) is 65.9 cm³/mol. The van der Waals surface area contributed by atoms with E-state index in [4.69, 9.17) is 4.74 Å². The fraction of sp³-hybridized carbons (Fsp3) is 0.444. The first-order chi connectivity index (χ1) is 8.15. The van der Waals surface area contributed by atoms with Gasteiger partial charge in [0.05, 0.1) is 19.5 Å². The number of nitrogens with one attached hydrogen (secondary N) is 3. The van der Waals surface area contributed by atoms with Crippen LogP contribution in [0.4, 0.5) is 5.82 Å². The molecule has 1 rings (SSSR count). The minimum absolute atomic E-state index is 0.0404. The molecule has 1 aromatic rings. The Morgan fingerprint density at radius 2 is 2.41 bits per heavy atom. The van der Waals surface area contributed by atoms with Gasteiger partial charge in [-0.2, -0.15) is 0 Å². The molecular weight excluding hydrogens is 292 g/mol. The summed E-state index contributed by atoms with van der Waals surface area (Å²) in [4.78, 5) is 28.8. The summed E-state index contributed by atoms with van der Waals surface area (Å²) < 4.78 is 5.06. The number of rotatable bonds is 6. The Kier molecular flexibility index (Phi) is 5.64. The van der Waals surface area contributed by atoms with E-state index in [1.807, 2.05) is 0 Å². The highest BCUT2D eigenvalue weighted by Gasteiger charge is 2.06. The molecule has 17 heavy (non-hydrogen) atoms.